The molecule has 1 aromatic rings. The minimum atomic E-state index is -0.0798. The van der Waals surface area contributed by atoms with Crippen molar-refractivity contribution in [2.45, 2.75) is 38.6 Å². The van der Waals surface area contributed by atoms with Crippen molar-refractivity contribution >= 4 is 5.91 Å². The summed E-state index contributed by atoms with van der Waals surface area (Å²) in [6, 6.07) is 6.06. The molecule has 0 heterocycles. The van der Waals surface area contributed by atoms with E-state index in [-0.39, 0.29) is 18.6 Å². The summed E-state index contributed by atoms with van der Waals surface area (Å²) in [5.41, 5.74) is 8.57. The first-order chi connectivity index (χ1) is 9.20. The number of carbonyl (C=O) groups excluding carboxylic acids is 1. The number of hydrogen-bond donors (Lipinski definition) is 2. The number of amides is 1. The van der Waals surface area contributed by atoms with E-state index in [1.807, 2.05) is 19.1 Å². The van der Waals surface area contributed by atoms with Gasteiger partial charge in [0, 0.05) is 12.6 Å². The largest absolute Gasteiger partial charge is 0.484 e. The molecule has 0 fully saturated rings. The van der Waals surface area contributed by atoms with E-state index in [0.29, 0.717) is 6.54 Å². The molecule has 1 atom stereocenters. The summed E-state index contributed by atoms with van der Waals surface area (Å²) in [4.78, 5) is 11.5. The average molecular weight is 262 g/mol. The molecule has 1 aliphatic carbocycles. The van der Waals surface area contributed by atoms with Gasteiger partial charge in [0.05, 0.1) is 0 Å². The second-order valence-corrected chi connectivity index (χ2v) is 5.00. The van der Waals surface area contributed by atoms with Crippen molar-refractivity contribution in [2.24, 2.45) is 5.73 Å². The molecule has 0 bridgehead atoms. The van der Waals surface area contributed by atoms with Crippen LogP contribution in [0.15, 0.2) is 18.2 Å². The molecule has 2 rings (SSSR count). The number of rotatable bonds is 5. The molecule has 0 spiro atoms. The van der Waals surface area contributed by atoms with Gasteiger partial charge >= 0.3 is 0 Å². The Morgan fingerprint density at radius 3 is 3.16 bits per heavy atom. The van der Waals surface area contributed by atoms with E-state index in [4.69, 9.17) is 10.5 Å². The topological polar surface area (TPSA) is 64.3 Å². The van der Waals surface area contributed by atoms with Crippen LogP contribution in [0.5, 0.6) is 5.75 Å². The smallest absolute Gasteiger partial charge is 0.257 e. The maximum absolute atomic E-state index is 11.5. The summed E-state index contributed by atoms with van der Waals surface area (Å²) in [6.07, 6.45) is 4.18. The van der Waals surface area contributed by atoms with Crippen LogP contribution in [-0.2, 0) is 11.2 Å². The van der Waals surface area contributed by atoms with Gasteiger partial charge in [-0.25, -0.2) is 0 Å². The van der Waals surface area contributed by atoms with Crippen molar-refractivity contribution in [1.82, 2.24) is 5.32 Å². The number of nitrogens with two attached hydrogens (primary N) is 1. The summed E-state index contributed by atoms with van der Waals surface area (Å²) in [5.74, 6) is 0.645. The summed E-state index contributed by atoms with van der Waals surface area (Å²) in [5, 5.41) is 2.79. The molecule has 0 saturated carbocycles. The molecule has 1 amide bonds. The van der Waals surface area contributed by atoms with Gasteiger partial charge in [-0.05, 0) is 48.9 Å². The number of ether oxygens (including phenoxy) is 1. The Morgan fingerprint density at radius 1 is 1.53 bits per heavy atom. The third-order valence-electron chi connectivity index (χ3n) is 3.42. The van der Waals surface area contributed by atoms with Crippen molar-refractivity contribution in [3.8, 4) is 5.75 Å². The van der Waals surface area contributed by atoms with E-state index in [1.54, 1.807) is 0 Å². The molecule has 4 heteroatoms. The average Bonchev–Trinajstić information content (AvgIpc) is 2.43. The second kappa shape index (κ2) is 6.57. The number of hydrogen-bond acceptors (Lipinski definition) is 3. The normalized spacial score (nSPS) is 17.7. The van der Waals surface area contributed by atoms with Gasteiger partial charge in [0.15, 0.2) is 6.61 Å². The summed E-state index contributed by atoms with van der Waals surface area (Å²) in [7, 11) is 0. The van der Waals surface area contributed by atoms with E-state index in [2.05, 4.69) is 11.4 Å². The molecule has 19 heavy (non-hydrogen) atoms. The Bertz CT molecular complexity index is 446. The minimum absolute atomic E-state index is 0.0635. The molecule has 1 aliphatic rings. The van der Waals surface area contributed by atoms with Crippen LogP contribution >= 0.6 is 0 Å². The lowest BCUT2D eigenvalue weighted by Crippen LogP contribution is -2.29. The Labute approximate surface area is 114 Å². The molecule has 0 saturated heterocycles. The molecule has 4 nitrogen and oxygen atoms in total. The maximum Gasteiger partial charge on any atom is 0.257 e. The molecule has 3 N–H and O–H groups in total. The van der Waals surface area contributed by atoms with E-state index < -0.39 is 0 Å². The fourth-order valence-electron chi connectivity index (χ4n) is 2.37. The first kappa shape index (κ1) is 13.9. The molecule has 104 valence electrons. The fraction of sp³-hybridized carbons (Fsp3) is 0.533. The molecular formula is C15H22N2O2. The third kappa shape index (κ3) is 3.70. The summed E-state index contributed by atoms with van der Waals surface area (Å²) in [6.45, 7) is 2.78. The first-order valence-corrected chi connectivity index (χ1v) is 6.98. The zero-order valence-electron chi connectivity index (χ0n) is 11.4. The van der Waals surface area contributed by atoms with Gasteiger partial charge < -0.3 is 15.8 Å². The van der Waals surface area contributed by atoms with Gasteiger partial charge in [-0.2, -0.15) is 0 Å². The fourth-order valence-corrected chi connectivity index (χ4v) is 2.37. The van der Waals surface area contributed by atoms with Crippen LogP contribution in [-0.4, -0.2) is 19.1 Å². The summed E-state index contributed by atoms with van der Waals surface area (Å²) < 4.78 is 5.51. The van der Waals surface area contributed by atoms with Crippen molar-refractivity contribution in [2.75, 3.05) is 13.2 Å². The van der Waals surface area contributed by atoms with Crippen molar-refractivity contribution < 1.29 is 9.53 Å². The van der Waals surface area contributed by atoms with E-state index in [0.717, 1.165) is 37.0 Å². The third-order valence-corrected chi connectivity index (χ3v) is 3.42. The zero-order valence-corrected chi connectivity index (χ0v) is 11.4. The van der Waals surface area contributed by atoms with Gasteiger partial charge in [-0.3, -0.25) is 4.79 Å². The number of carbonyl (C=O) groups is 1. The monoisotopic (exact) mass is 262 g/mol. The maximum atomic E-state index is 11.5. The Balaban J connectivity index is 1.94. The lowest BCUT2D eigenvalue weighted by molar-refractivity contribution is -0.123. The second-order valence-electron chi connectivity index (χ2n) is 5.00. The molecule has 0 radical (unpaired) electrons. The van der Waals surface area contributed by atoms with Gasteiger partial charge in [0.2, 0.25) is 0 Å². The number of benzene rings is 1. The Hall–Kier alpha value is -1.55. The lowest BCUT2D eigenvalue weighted by Gasteiger charge is -2.22. The van der Waals surface area contributed by atoms with Crippen LogP contribution in [0, 0.1) is 0 Å². The number of nitrogens with one attached hydrogen (secondary N) is 1. The SMILES string of the molecule is CCCNC(=O)COc1ccc2c(c1)[C@H](N)CCC2. The van der Waals surface area contributed by atoms with Crippen LogP contribution < -0.4 is 15.8 Å². The van der Waals surface area contributed by atoms with E-state index >= 15 is 0 Å². The lowest BCUT2D eigenvalue weighted by atomic mass is 9.88. The highest BCUT2D eigenvalue weighted by molar-refractivity contribution is 5.77. The van der Waals surface area contributed by atoms with Gasteiger partial charge in [-0.15, -0.1) is 0 Å². The Kier molecular flexibility index (Phi) is 4.80. The van der Waals surface area contributed by atoms with Crippen LogP contribution in [0.25, 0.3) is 0 Å². The molecule has 0 aromatic heterocycles. The highest BCUT2D eigenvalue weighted by Crippen LogP contribution is 2.30. The highest BCUT2D eigenvalue weighted by Gasteiger charge is 2.17. The van der Waals surface area contributed by atoms with Gasteiger partial charge in [0.1, 0.15) is 5.75 Å². The number of aryl methyl sites for hydroxylation is 1. The molecule has 0 unspecified atom stereocenters. The van der Waals surface area contributed by atoms with Crippen LogP contribution in [0.4, 0.5) is 0 Å². The van der Waals surface area contributed by atoms with Crippen molar-refractivity contribution in [1.29, 1.82) is 0 Å². The van der Waals surface area contributed by atoms with Gasteiger partial charge in [-0.1, -0.05) is 13.0 Å². The predicted octanol–water partition coefficient (Wildman–Crippen LogP) is 1.93. The molecule has 1 aromatic carbocycles. The molecular weight excluding hydrogens is 240 g/mol. The van der Waals surface area contributed by atoms with Crippen LogP contribution in [0.2, 0.25) is 0 Å². The van der Waals surface area contributed by atoms with Crippen LogP contribution in [0.1, 0.15) is 43.4 Å². The quantitative estimate of drug-likeness (QED) is 0.852. The highest BCUT2D eigenvalue weighted by atomic mass is 16.5. The zero-order chi connectivity index (χ0) is 13.7. The van der Waals surface area contributed by atoms with Crippen LogP contribution in [0.3, 0.4) is 0 Å². The van der Waals surface area contributed by atoms with E-state index in [9.17, 15) is 4.79 Å². The predicted molar refractivity (Wildman–Crippen MR) is 75.1 cm³/mol. The first-order valence-electron chi connectivity index (χ1n) is 6.98. The standard InChI is InChI=1S/C15H22N2O2/c1-2-8-17-15(18)10-19-12-7-6-11-4-3-5-14(16)13(11)9-12/h6-7,9,14H,2-5,8,10,16H2,1H3,(H,17,18)/t14-/m1/s1. The van der Waals surface area contributed by atoms with E-state index in [1.165, 1.54) is 5.56 Å². The van der Waals surface area contributed by atoms with Gasteiger partial charge in [0.25, 0.3) is 5.91 Å². The molecule has 0 aliphatic heterocycles. The summed E-state index contributed by atoms with van der Waals surface area (Å²) >= 11 is 0. The van der Waals surface area contributed by atoms with Crippen molar-refractivity contribution in [3.63, 3.8) is 0 Å². The van der Waals surface area contributed by atoms with Crippen molar-refractivity contribution in [3.05, 3.63) is 29.3 Å². The Morgan fingerprint density at radius 2 is 2.37 bits per heavy atom. The number of fused-ring (bicyclic) bond motifs is 1. The minimum Gasteiger partial charge on any atom is -0.484 e.